The maximum absolute atomic E-state index is 14.3. The van der Waals surface area contributed by atoms with Gasteiger partial charge in [-0.05, 0) is 46.5 Å². The van der Waals surface area contributed by atoms with Crippen molar-refractivity contribution in [3.63, 3.8) is 0 Å². The first-order valence-electron chi connectivity index (χ1n) is 9.41. The summed E-state index contributed by atoms with van der Waals surface area (Å²) in [6.45, 7) is 2.61. The van der Waals surface area contributed by atoms with Gasteiger partial charge < -0.3 is 0 Å². The van der Waals surface area contributed by atoms with Gasteiger partial charge in [-0.15, -0.1) is 0 Å². The summed E-state index contributed by atoms with van der Waals surface area (Å²) >= 11 is 3.14. The molecule has 4 nitrogen and oxygen atoms in total. The van der Waals surface area contributed by atoms with Gasteiger partial charge in [0.15, 0.2) is 0 Å². The van der Waals surface area contributed by atoms with Crippen molar-refractivity contribution in [2.45, 2.75) is 39.0 Å². The van der Waals surface area contributed by atoms with Crippen LogP contribution in [0.25, 0.3) is 0 Å². The van der Waals surface area contributed by atoms with Crippen molar-refractivity contribution in [1.82, 2.24) is 9.13 Å². The average Bonchev–Trinajstić information content (AvgIpc) is 2.73. The molecule has 0 aliphatic rings. The van der Waals surface area contributed by atoms with Crippen molar-refractivity contribution in [3.8, 4) is 0 Å². The quantitative estimate of drug-likeness (QED) is 0.460. The van der Waals surface area contributed by atoms with Gasteiger partial charge in [-0.2, -0.15) is 13.2 Å². The molecule has 3 rings (SSSR count). The number of rotatable bonds is 5. The van der Waals surface area contributed by atoms with Gasteiger partial charge in [0.2, 0.25) is 0 Å². The third-order valence-electron chi connectivity index (χ3n) is 5.18. The van der Waals surface area contributed by atoms with Crippen LogP contribution in [0.2, 0.25) is 0 Å². The molecule has 0 spiro atoms. The Morgan fingerprint density at radius 2 is 1.65 bits per heavy atom. The third kappa shape index (κ3) is 4.66. The van der Waals surface area contributed by atoms with Crippen molar-refractivity contribution in [2.24, 2.45) is 0 Å². The molecule has 1 aromatic heterocycles. The van der Waals surface area contributed by atoms with Crippen LogP contribution in [0.1, 0.15) is 35.2 Å². The summed E-state index contributed by atoms with van der Waals surface area (Å²) < 4.78 is 56.5. The lowest BCUT2D eigenvalue weighted by molar-refractivity contribution is -0.138. The Balaban J connectivity index is 2.12. The molecular formula is C22H19BrF4N2O2. The summed E-state index contributed by atoms with van der Waals surface area (Å²) in [5, 5.41) is 0. The molecule has 3 aromatic rings. The monoisotopic (exact) mass is 498 g/mol. The van der Waals surface area contributed by atoms with E-state index in [9.17, 15) is 27.2 Å². The molecule has 31 heavy (non-hydrogen) atoms. The fraction of sp³-hybridized carbons (Fsp3) is 0.273. The van der Waals surface area contributed by atoms with E-state index in [1.807, 2.05) is 37.3 Å². The Bertz CT molecular complexity index is 1220. The van der Waals surface area contributed by atoms with Gasteiger partial charge in [-0.25, -0.2) is 9.18 Å². The summed E-state index contributed by atoms with van der Waals surface area (Å²) in [5.74, 6) is -1.29. The van der Waals surface area contributed by atoms with Gasteiger partial charge in [-0.1, -0.05) is 43.3 Å². The summed E-state index contributed by atoms with van der Waals surface area (Å²) in [5.41, 5.74) is -2.20. The van der Waals surface area contributed by atoms with Crippen LogP contribution in [-0.4, -0.2) is 9.13 Å². The normalized spacial score (nSPS) is 12.7. The van der Waals surface area contributed by atoms with E-state index < -0.39 is 40.9 Å². The third-order valence-corrected chi connectivity index (χ3v) is 6.10. The Kier molecular flexibility index (Phi) is 6.54. The van der Waals surface area contributed by atoms with Crippen LogP contribution in [0, 0.1) is 12.7 Å². The van der Waals surface area contributed by atoms with E-state index >= 15 is 0 Å². The standard InChI is InChI=1S/C22H19BrF4N2O2/c1-13(15-7-4-3-5-8-15)11-29-20(30)19(23)14(2)28(21(29)31)12-16-17(22(25,26)27)9-6-10-18(16)24/h3-10,13H,11-12H2,1-2H3/t13-/m0/s1. The number of hydrogen-bond acceptors (Lipinski definition) is 2. The molecule has 0 N–H and O–H groups in total. The number of nitrogens with zero attached hydrogens (tertiary/aromatic N) is 2. The number of hydrogen-bond donors (Lipinski definition) is 0. The van der Waals surface area contributed by atoms with Crippen LogP contribution < -0.4 is 11.2 Å². The lowest BCUT2D eigenvalue weighted by Gasteiger charge is -2.20. The highest BCUT2D eigenvalue weighted by Gasteiger charge is 2.35. The fourth-order valence-corrected chi connectivity index (χ4v) is 3.85. The van der Waals surface area contributed by atoms with Gasteiger partial charge in [0.05, 0.1) is 12.1 Å². The Morgan fingerprint density at radius 1 is 1.00 bits per heavy atom. The zero-order chi connectivity index (χ0) is 22.9. The van der Waals surface area contributed by atoms with Crippen LogP contribution in [0.5, 0.6) is 0 Å². The zero-order valence-corrected chi connectivity index (χ0v) is 18.3. The molecule has 0 aliphatic carbocycles. The van der Waals surface area contributed by atoms with Crippen LogP contribution in [0.15, 0.2) is 62.6 Å². The highest BCUT2D eigenvalue weighted by Crippen LogP contribution is 2.33. The van der Waals surface area contributed by atoms with E-state index in [4.69, 9.17) is 0 Å². The Hall–Kier alpha value is -2.68. The number of aromatic nitrogens is 2. The molecule has 0 radical (unpaired) electrons. The minimum atomic E-state index is -4.79. The molecule has 2 aromatic carbocycles. The smallest absolute Gasteiger partial charge is 0.292 e. The first kappa shape index (κ1) is 23.0. The van der Waals surface area contributed by atoms with E-state index in [2.05, 4.69) is 15.9 Å². The topological polar surface area (TPSA) is 44.0 Å². The van der Waals surface area contributed by atoms with Gasteiger partial charge in [0, 0.05) is 17.8 Å². The van der Waals surface area contributed by atoms with Gasteiger partial charge in [0.1, 0.15) is 10.3 Å². The SMILES string of the molecule is Cc1c(Br)c(=O)n(C[C@H](C)c2ccccc2)c(=O)n1Cc1c(F)cccc1C(F)(F)F. The van der Waals surface area contributed by atoms with Crippen molar-refractivity contribution >= 4 is 15.9 Å². The molecule has 164 valence electrons. The minimum absolute atomic E-state index is 0.0178. The second kappa shape index (κ2) is 8.82. The Labute approximate surface area is 183 Å². The summed E-state index contributed by atoms with van der Waals surface area (Å²) in [4.78, 5) is 25.8. The largest absolute Gasteiger partial charge is 0.416 e. The van der Waals surface area contributed by atoms with Crippen molar-refractivity contribution < 1.29 is 17.6 Å². The summed E-state index contributed by atoms with van der Waals surface area (Å²) in [6, 6.07) is 11.8. The van der Waals surface area contributed by atoms with Gasteiger partial charge in [0.25, 0.3) is 5.56 Å². The molecule has 0 saturated heterocycles. The molecule has 9 heteroatoms. The Morgan fingerprint density at radius 3 is 2.26 bits per heavy atom. The lowest BCUT2D eigenvalue weighted by Crippen LogP contribution is -2.43. The maximum atomic E-state index is 14.3. The predicted octanol–water partition coefficient (Wildman–Crippen LogP) is 5.09. The van der Waals surface area contributed by atoms with Crippen LogP contribution in [0.4, 0.5) is 17.6 Å². The second-order valence-corrected chi connectivity index (χ2v) is 8.05. The minimum Gasteiger partial charge on any atom is -0.292 e. The molecule has 0 bridgehead atoms. The predicted molar refractivity (Wildman–Crippen MR) is 113 cm³/mol. The van der Waals surface area contributed by atoms with Gasteiger partial charge in [-0.3, -0.25) is 13.9 Å². The summed E-state index contributed by atoms with van der Waals surface area (Å²) in [6.07, 6.45) is -4.79. The van der Waals surface area contributed by atoms with Crippen molar-refractivity contribution in [3.05, 3.63) is 102 Å². The highest BCUT2D eigenvalue weighted by molar-refractivity contribution is 9.10. The van der Waals surface area contributed by atoms with Crippen molar-refractivity contribution in [1.29, 1.82) is 0 Å². The molecule has 0 fully saturated rings. The average molecular weight is 499 g/mol. The molecule has 0 aliphatic heterocycles. The molecule has 0 saturated carbocycles. The van der Waals surface area contributed by atoms with E-state index in [-0.39, 0.29) is 22.6 Å². The molecule has 0 unspecified atom stereocenters. The first-order chi connectivity index (χ1) is 14.5. The van der Waals surface area contributed by atoms with E-state index in [1.165, 1.54) is 6.92 Å². The summed E-state index contributed by atoms with van der Waals surface area (Å²) in [7, 11) is 0. The van der Waals surface area contributed by atoms with E-state index in [0.29, 0.717) is 0 Å². The number of alkyl halides is 3. The molecule has 1 heterocycles. The molecule has 0 amide bonds. The van der Waals surface area contributed by atoms with E-state index in [0.717, 1.165) is 32.9 Å². The lowest BCUT2D eigenvalue weighted by atomic mass is 10.0. The zero-order valence-electron chi connectivity index (χ0n) is 16.7. The fourth-order valence-electron chi connectivity index (χ4n) is 3.42. The molecular weight excluding hydrogens is 480 g/mol. The van der Waals surface area contributed by atoms with Crippen molar-refractivity contribution in [2.75, 3.05) is 0 Å². The molecule has 1 atom stereocenters. The van der Waals surface area contributed by atoms with Crippen LogP contribution in [0.3, 0.4) is 0 Å². The highest BCUT2D eigenvalue weighted by atomic mass is 79.9. The van der Waals surface area contributed by atoms with Crippen LogP contribution >= 0.6 is 15.9 Å². The number of halogens is 5. The van der Waals surface area contributed by atoms with Gasteiger partial charge >= 0.3 is 11.9 Å². The second-order valence-electron chi connectivity index (χ2n) is 7.26. The van der Waals surface area contributed by atoms with E-state index in [1.54, 1.807) is 0 Å². The van der Waals surface area contributed by atoms with Crippen LogP contribution in [-0.2, 0) is 19.3 Å². The maximum Gasteiger partial charge on any atom is 0.416 e. The first-order valence-corrected chi connectivity index (χ1v) is 10.2. The number of benzene rings is 2.